The molecule has 150 valence electrons. The summed E-state index contributed by atoms with van der Waals surface area (Å²) in [6.45, 7) is 4.22. The van der Waals surface area contributed by atoms with Crippen molar-refractivity contribution in [2.24, 2.45) is 12.0 Å². The van der Waals surface area contributed by atoms with E-state index < -0.39 is 0 Å². The molecule has 1 N–H and O–H groups in total. The lowest BCUT2D eigenvalue weighted by atomic mass is 10.3. The fourth-order valence-corrected chi connectivity index (χ4v) is 2.66. The molecule has 0 bridgehead atoms. The molecule has 0 saturated carbocycles. The van der Waals surface area contributed by atoms with Gasteiger partial charge in [0.1, 0.15) is 5.69 Å². The molecule has 0 aliphatic rings. The van der Waals surface area contributed by atoms with Gasteiger partial charge in [0.05, 0.1) is 6.54 Å². The maximum atomic E-state index is 5.29. The van der Waals surface area contributed by atoms with Gasteiger partial charge in [-0.2, -0.15) is 4.98 Å². The number of halogens is 1. The van der Waals surface area contributed by atoms with Gasteiger partial charge in [-0.15, -0.1) is 24.0 Å². The molecule has 3 aromatic heterocycles. The van der Waals surface area contributed by atoms with Gasteiger partial charge in [-0.1, -0.05) is 11.2 Å². The number of pyridine rings is 1. The van der Waals surface area contributed by atoms with Crippen LogP contribution in [-0.2, 0) is 20.0 Å². The maximum Gasteiger partial charge on any atom is 0.276 e. The van der Waals surface area contributed by atoms with Crippen LogP contribution in [0, 0.1) is 0 Å². The number of nitrogens with one attached hydrogen (secondary N) is 1. The second-order valence-electron chi connectivity index (χ2n) is 6.18. The summed E-state index contributed by atoms with van der Waals surface area (Å²) in [5.74, 6) is 1.91. The molecule has 0 atom stereocenters. The molecule has 0 aromatic carbocycles. The van der Waals surface area contributed by atoms with Crippen molar-refractivity contribution in [2.45, 2.75) is 19.9 Å². The van der Waals surface area contributed by atoms with E-state index in [0.29, 0.717) is 30.4 Å². The second-order valence-corrected chi connectivity index (χ2v) is 6.18. The highest BCUT2D eigenvalue weighted by atomic mass is 127. The summed E-state index contributed by atoms with van der Waals surface area (Å²) >= 11 is 0. The summed E-state index contributed by atoms with van der Waals surface area (Å²) in [7, 11) is 4.07. The van der Waals surface area contributed by atoms with Crippen LogP contribution < -0.4 is 5.32 Å². The molecular formula is C19H26IN7O. The third kappa shape index (κ3) is 5.78. The van der Waals surface area contributed by atoms with E-state index in [0.717, 1.165) is 19.0 Å². The van der Waals surface area contributed by atoms with Gasteiger partial charge in [0.15, 0.2) is 11.8 Å². The van der Waals surface area contributed by atoms with Crippen LogP contribution in [0.25, 0.3) is 11.6 Å². The van der Waals surface area contributed by atoms with E-state index in [4.69, 9.17) is 4.52 Å². The van der Waals surface area contributed by atoms with Gasteiger partial charge in [0.2, 0.25) is 0 Å². The van der Waals surface area contributed by atoms with Crippen molar-refractivity contribution in [3.63, 3.8) is 0 Å². The molecule has 0 saturated heterocycles. The van der Waals surface area contributed by atoms with Crippen LogP contribution in [0.3, 0.4) is 0 Å². The Morgan fingerprint density at radius 3 is 2.82 bits per heavy atom. The standard InChI is InChI=1S/C19H25N7O.HI/c1-4-20-19(26(3)14-15-8-7-13-25(15)2)22-12-10-17-23-18(27-24-17)16-9-5-6-11-21-16;/h5-9,11,13H,4,10,12,14H2,1-3H3,(H,20,22);1H. The SMILES string of the molecule is CCNC(=NCCc1noc(-c2ccccn2)n1)N(C)Cc1cccn1C.I. The van der Waals surface area contributed by atoms with Crippen LogP contribution in [-0.4, -0.2) is 50.7 Å². The number of hydrogen-bond acceptors (Lipinski definition) is 5. The molecule has 0 spiro atoms. The van der Waals surface area contributed by atoms with Gasteiger partial charge in [-0.05, 0) is 31.2 Å². The zero-order chi connectivity index (χ0) is 19.1. The van der Waals surface area contributed by atoms with Gasteiger partial charge in [0.25, 0.3) is 5.89 Å². The summed E-state index contributed by atoms with van der Waals surface area (Å²) in [5, 5.41) is 7.34. The van der Waals surface area contributed by atoms with Crippen molar-refractivity contribution < 1.29 is 4.52 Å². The van der Waals surface area contributed by atoms with Crippen LogP contribution >= 0.6 is 24.0 Å². The first kappa shape index (κ1) is 21.9. The highest BCUT2D eigenvalue weighted by Gasteiger charge is 2.11. The summed E-state index contributed by atoms with van der Waals surface area (Å²) in [5.41, 5.74) is 1.90. The first-order valence-corrected chi connectivity index (χ1v) is 9.01. The topological polar surface area (TPSA) is 84.4 Å². The number of hydrogen-bond donors (Lipinski definition) is 1. The third-order valence-corrected chi connectivity index (χ3v) is 4.10. The van der Waals surface area contributed by atoms with Crippen molar-refractivity contribution in [2.75, 3.05) is 20.1 Å². The highest BCUT2D eigenvalue weighted by Crippen LogP contribution is 2.13. The number of rotatable bonds is 7. The van der Waals surface area contributed by atoms with Crippen molar-refractivity contribution in [3.05, 3.63) is 54.2 Å². The van der Waals surface area contributed by atoms with Crippen LogP contribution in [0.5, 0.6) is 0 Å². The molecule has 0 radical (unpaired) electrons. The molecule has 0 fully saturated rings. The predicted molar refractivity (Wildman–Crippen MR) is 120 cm³/mol. The molecule has 0 amide bonds. The van der Waals surface area contributed by atoms with E-state index in [1.54, 1.807) is 6.20 Å². The molecule has 28 heavy (non-hydrogen) atoms. The van der Waals surface area contributed by atoms with E-state index in [1.165, 1.54) is 5.69 Å². The molecule has 0 unspecified atom stereocenters. The molecule has 3 aromatic rings. The predicted octanol–water partition coefficient (Wildman–Crippen LogP) is 2.73. The number of guanidine groups is 1. The molecule has 0 aliphatic carbocycles. The van der Waals surface area contributed by atoms with Gasteiger partial charge in [0, 0.05) is 51.7 Å². The maximum absolute atomic E-state index is 5.29. The van der Waals surface area contributed by atoms with Gasteiger partial charge in [-0.25, -0.2) is 0 Å². The van der Waals surface area contributed by atoms with Gasteiger partial charge >= 0.3 is 0 Å². The van der Waals surface area contributed by atoms with Crippen LogP contribution in [0.1, 0.15) is 18.4 Å². The Hall–Kier alpha value is -2.43. The fourth-order valence-electron chi connectivity index (χ4n) is 2.66. The number of nitrogens with zero attached hydrogens (tertiary/aromatic N) is 6. The summed E-state index contributed by atoms with van der Waals surface area (Å²) in [6, 6.07) is 9.74. The minimum Gasteiger partial charge on any atom is -0.357 e. The third-order valence-electron chi connectivity index (χ3n) is 4.10. The molecule has 9 heteroatoms. The van der Waals surface area contributed by atoms with E-state index in [2.05, 4.69) is 47.9 Å². The van der Waals surface area contributed by atoms with Crippen molar-refractivity contribution in [1.29, 1.82) is 0 Å². The second kappa shape index (κ2) is 10.8. The Morgan fingerprint density at radius 1 is 1.29 bits per heavy atom. The number of aromatic nitrogens is 4. The van der Waals surface area contributed by atoms with E-state index in [-0.39, 0.29) is 24.0 Å². The Kier molecular flexibility index (Phi) is 8.42. The number of aryl methyl sites for hydroxylation is 1. The van der Waals surface area contributed by atoms with Crippen molar-refractivity contribution in [3.8, 4) is 11.6 Å². The Balaban J connectivity index is 0.00000280. The van der Waals surface area contributed by atoms with Crippen LogP contribution in [0.2, 0.25) is 0 Å². The van der Waals surface area contributed by atoms with Crippen molar-refractivity contribution in [1.82, 2.24) is 29.9 Å². The van der Waals surface area contributed by atoms with E-state index >= 15 is 0 Å². The normalized spacial score (nSPS) is 11.2. The summed E-state index contributed by atoms with van der Waals surface area (Å²) in [4.78, 5) is 15.4. The average molecular weight is 495 g/mol. The average Bonchev–Trinajstić information content (AvgIpc) is 3.31. The monoisotopic (exact) mass is 495 g/mol. The van der Waals surface area contributed by atoms with Crippen molar-refractivity contribution >= 4 is 29.9 Å². The zero-order valence-electron chi connectivity index (χ0n) is 16.4. The molecule has 3 heterocycles. The lowest BCUT2D eigenvalue weighted by Gasteiger charge is -2.22. The fraction of sp³-hybridized carbons (Fsp3) is 0.368. The van der Waals surface area contributed by atoms with Gasteiger partial charge in [-0.3, -0.25) is 9.98 Å². The highest BCUT2D eigenvalue weighted by molar-refractivity contribution is 14.0. The van der Waals surface area contributed by atoms with E-state index in [9.17, 15) is 0 Å². The summed E-state index contributed by atoms with van der Waals surface area (Å²) in [6.07, 6.45) is 4.35. The first-order valence-electron chi connectivity index (χ1n) is 9.01. The first-order chi connectivity index (χ1) is 13.2. The lowest BCUT2D eigenvalue weighted by molar-refractivity contribution is 0.421. The Labute approximate surface area is 182 Å². The summed E-state index contributed by atoms with van der Waals surface area (Å²) < 4.78 is 7.40. The van der Waals surface area contributed by atoms with Gasteiger partial charge < -0.3 is 19.3 Å². The quantitative estimate of drug-likeness (QED) is 0.308. The molecule has 0 aliphatic heterocycles. The van der Waals surface area contributed by atoms with Crippen LogP contribution in [0.4, 0.5) is 0 Å². The molecule has 3 rings (SSSR count). The Bertz CT molecular complexity index is 875. The minimum atomic E-state index is 0. The largest absolute Gasteiger partial charge is 0.357 e. The number of aliphatic imine (C=N–C) groups is 1. The van der Waals surface area contributed by atoms with E-state index in [1.807, 2.05) is 44.6 Å². The van der Waals surface area contributed by atoms with Crippen LogP contribution in [0.15, 0.2) is 52.2 Å². The zero-order valence-corrected chi connectivity index (χ0v) is 18.7. The smallest absolute Gasteiger partial charge is 0.276 e. The minimum absolute atomic E-state index is 0. The Morgan fingerprint density at radius 2 is 2.14 bits per heavy atom. The lowest BCUT2D eigenvalue weighted by Crippen LogP contribution is -2.39. The molecular weight excluding hydrogens is 469 g/mol. The molecule has 8 nitrogen and oxygen atoms in total.